The number of benzene rings is 1. The number of hydrogen-bond acceptors (Lipinski definition) is 2. The third-order valence-electron chi connectivity index (χ3n) is 4.64. The van der Waals surface area contributed by atoms with E-state index in [4.69, 9.17) is 0 Å². The molecule has 3 rings (SSSR count). The molecule has 1 N–H and O–H groups in total. The monoisotopic (exact) mass is 257 g/mol. The summed E-state index contributed by atoms with van der Waals surface area (Å²) in [5.74, 6) is 0. The SMILES string of the molecule is CC(NCCCn1cnc2ccccc21)C1(C)CC1. The average molecular weight is 257 g/mol. The van der Waals surface area contributed by atoms with Crippen molar-refractivity contribution in [3.8, 4) is 0 Å². The summed E-state index contributed by atoms with van der Waals surface area (Å²) in [5.41, 5.74) is 2.90. The minimum atomic E-state index is 0.571. The Bertz CT molecular complexity index is 554. The molecule has 1 atom stereocenters. The molecule has 0 saturated heterocycles. The molecular formula is C16H23N3. The van der Waals surface area contributed by atoms with Gasteiger partial charge in [-0.05, 0) is 50.3 Å². The van der Waals surface area contributed by atoms with E-state index >= 15 is 0 Å². The van der Waals surface area contributed by atoms with Gasteiger partial charge in [-0.15, -0.1) is 0 Å². The van der Waals surface area contributed by atoms with Gasteiger partial charge in [0.1, 0.15) is 0 Å². The molecule has 0 radical (unpaired) electrons. The standard InChI is InChI=1S/C16H23N3/c1-13(16(2)8-9-16)17-10-5-11-19-12-18-14-6-3-4-7-15(14)19/h3-4,6-7,12-13,17H,5,8-11H2,1-2H3. The van der Waals surface area contributed by atoms with Crippen LogP contribution in [-0.2, 0) is 6.54 Å². The van der Waals surface area contributed by atoms with Crippen LogP contribution in [0.25, 0.3) is 11.0 Å². The third-order valence-corrected chi connectivity index (χ3v) is 4.64. The first-order valence-corrected chi connectivity index (χ1v) is 7.32. The molecule has 1 heterocycles. The van der Waals surface area contributed by atoms with E-state index in [1.54, 1.807) is 0 Å². The molecule has 1 aromatic heterocycles. The first-order valence-electron chi connectivity index (χ1n) is 7.32. The van der Waals surface area contributed by atoms with Gasteiger partial charge in [0.25, 0.3) is 0 Å². The quantitative estimate of drug-likeness (QED) is 0.805. The van der Waals surface area contributed by atoms with Gasteiger partial charge in [-0.2, -0.15) is 0 Å². The molecule has 0 bridgehead atoms. The molecule has 1 aliphatic carbocycles. The Morgan fingerprint density at radius 3 is 2.95 bits per heavy atom. The van der Waals surface area contributed by atoms with Gasteiger partial charge in [0, 0.05) is 12.6 Å². The molecule has 1 unspecified atom stereocenters. The van der Waals surface area contributed by atoms with Gasteiger partial charge in [-0.1, -0.05) is 19.1 Å². The maximum absolute atomic E-state index is 4.42. The van der Waals surface area contributed by atoms with E-state index in [-0.39, 0.29) is 0 Å². The van der Waals surface area contributed by atoms with E-state index in [1.807, 2.05) is 12.4 Å². The van der Waals surface area contributed by atoms with Crippen LogP contribution in [0, 0.1) is 5.41 Å². The number of nitrogens with zero attached hydrogens (tertiary/aromatic N) is 2. The van der Waals surface area contributed by atoms with Crippen LogP contribution in [0.2, 0.25) is 0 Å². The molecule has 1 aromatic carbocycles. The lowest BCUT2D eigenvalue weighted by atomic mass is 10.0. The van der Waals surface area contributed by atoms with Crippen molar-refractivity contribution in [3.63, 3.8) is 0 Å². The highest BCUT2D eigenvalue weighted by Gasteiger charge is 2.41. The minimum absolute atomic E-state index is 0.571. The van der Waals surface area contributed by atoms with E-state index in [0.29, 0.717) is 11.5 Å². The highest BCUT2D eigenvalue weighted by atomic mass is 15.0. The molecule has 0 spiro atoms. The summed E-state index contributed by atoms with van der Waals surface area (Å²) in [6.07, 6.45) is 5.87. The van der Waals surface area contributed by atoms with Crippen LogP contribution >= 0.6 is 0 Å². The average Bonchev–Trinajstić information content (AvgIpc) is 3.05. The van der Waals surface area contributed by atoms with Gasteiger partial charge in [0.05, 0.1) is 17.4 Å². The Morgan fingerprint density at radius 1 is 1.37 bits per heavy atom. The first kappa shape index (κ1) is 12.7. The Labute approximate surface area is 115 Å². The lowest BCUT2D eigenvalue weighted by Crippen LogP contribution is -2.34. The summed E-state index contributed by atoms with van der Waals surface area (Å²) in [6.45, 7) is 6.83. The van der Waals surface area contributed by atoms with E-state index < -0.39 is 0 Å². The fraction of sp³-hybridized carbons (Fsp3) is 0.562. The van der Waals surface area contributed by atoms with Crippen LogP contribution in [-0.4, -0.2) is 22.1 Å². The molecule has 1 aliphatic rings. The molecule has 1 fully saturated rings. The largest absolute Gasteiger partial charge is 0.331 e. The first-order chi connectivity index (χ1) is 9.19. The Kier molecular flexibility index (Phi) is 3.31. The van der Waals surface area contributed by atoms with Crippen molar-refractivity contribution in [1.29, 1.82) is 0 Å². The molecular weight excluding hydrogens is 234 g/mol. The molecule has 3 nitrogen and oxygen atoms in total. The zero-order valence-electron chi connectivity index (χ0n) is 11.9. The van der Waals surface area contributed by atoms with Gasteiger partial charge in [0.15, 0.2) is 0 Å². The van der Waals surface area contributed by atoms with Crippen molar-refractivity contribution >= 4 is 11.0 Å². The summed E-state index contributed by atoms with van der Waals surface area (Å²) in [6, 6.07) is 8.98. The summed E-state index contributed by atoms with van der Waals surface area (Å²) >= 11 is 0. The fourth-order valence-corrected chi connectivity index (χ4v) is 2.63. The molecule has 0 aliphatic heterocycles. The van der Waals surface area contributed by atoms with Crippen LogP contribution < -0.4 is 5.32 Å². The predicted octanol–water partition coefficient (Wildman–Crippen LogP) is 3.20. The van der Waals surface area contributed by atoms with Crippen molar-refractivity contribution in [2.75, 3.05) is 6.54 Å². The van der Waals surface area contributed by atoms with Crippen molar-refractivity contribution in [2.24, 2.45) is 5.41 Å². The number of aryl methyl sites for hydroxylation is 1. The molecule has 3 heteroatoms. The summed E-state index contributed by atoms with van der Waals surface area (Å²) < 4.78 is 2.25. The molecule has 102 valence electrons. The molecule has 1 saturated carbocycles. The zero-order chi connectivity index (χ0) is 13.3. The second-order valence-corrected chi connectivity index (χ2v) is 6.11. The lowest BCUT2D eigenvalue weighted by molar-refractivity contribution is 0.376. The van der Waals surface area contributed by atoms with Crippen LogP contribution in [0.5, 0.6) is 0 Å². The van der Waals surface area contributed by atoms with Gasteiger partial charge in [-0.25, -0.2) is 4.98 Å². The fourth-order valence-electron chi connectivity index (χ4n) is 2.63. The van der Waals surface area contributed by atoms with Crippen LogP contribution in [0.1, 0.15) is 33.1 Å². The van der Waals surface area contributed by atoms with Gasteiger partial charge in [-0.3, -0.25) is 0 Å². The number of fused-ring (bicyclic) bond motifs is 1. The highest BCUT2D eigenvalue weighted by molar-refractivity contribution is 5.74. The second kappa shape index (κ2) is 4.97. The number of aromatic nitrogens is 2. The summed E-state index contributed by atoms with van der Waals surface area (Å²) in [4.78, 5) is 4.42. The van der Waals surface area contributed by atoms with Crippen LogP contribution in [0.4, 0.5) is 0 Å². The molecule has 0 amide bonds. The zero-order valence-corrected chi connectivity index (χ0v) is 11.9. The highest BCUT2D eigenvalue weighted by Crippen LogP contribution is 2.47. The van der Waals surface area contributed by atoms with Gasteiger partial charge < -0.3 is 9.88 Å². The Hall–Kier alpha value is -1.35. The topological polar surface area (TPSA) is 29.9 Å². The number of hydrogen-bond donors (Lipinski definition) is 1. The second-order valence-electron chi connectivity index (χ2n) is 6.11. The smallest absolute Gasteiger partial charge is 0.0958 e. The van der Waals surface area contributed by atoms with Crippen molar-refractivity contribution < 1.29 is 0 Å². The predicted molar refractivity (Wildman–Crippen MR) is 79.2 cm³/mol. The normalized spacial score (nSPS) is 18.6. The third kappa shape index (κ3) is 2.66. The molecule has 2 aromatic rings. The van der Waals surface area contributed by atoms with Crippen LogP contribution in [0.3, 0.4) is 0 Å². The minimum Gasteiger partial charge on any atom is -0.331 e. The summed E-state index contributed by atoms with van der Waals surface area (Å²) in [5, 5.41) is 3.66. The summed E-state index contributed by atoms with van der Waals surface area (Å²) in [7, 11) is 0. The van der Waals surface area contributed by atoms with Crippen LogP contribution in [0.15, 0.2) is 30.6 Å². The van der Waals surface area contributed by atoms with E-state index in [1.165, 1.54) is 18.4 Å². The van der Waals surface area contributed by atoms with Crippen molar-refractivity contribution in [3.05, 3.63) is 30.6 Å². The maximum atomic E-state index is 4.42. The molecule has 19 heavy (non-hydrogen) atoms. The van der Waals surface area contributed by atoms with Crippen molar-refractivity contribution in [1.82, 2.24) is 14.9 Å². The number of para-hydroxylation sites is 2. The number of rotatable bonds is 6. The van der Waals surface area contributed by atoms with Gasteiger partial charge >= 0.3 is 0 Å². The lowest BCUT2D eigenvalue weighted by Gasteiger charge is -2.20. The Morgan fingerprint density at radius 2 is 2.16 bits per heavy atom. The van der Waals surface area contributed by atoms with E-state index in [9.17, 15) is 0 Å². The van der Waals surface area contributed by atoms with E-state index in [2.05, 4.69) is 46.9 Å². The van der Waals surface area contributed by atoms with Crippen molar-refractivity contribution in [2.45, 2.75) is 45.7 Å². The number of nitrogens with one attached hydrogen (secondary N) is 1. The van der Waals surface area contributed by atoms with E-state index in [0.717, 1.165) is 25.0 Å². The Balaban J connectivity index is 1.50. The van der Waals surface area contributed by atoms with Gasteiger partial charge in [0.2, 0.25) is 0 Å². The maximum Gasteiger partial charge on any atom is 0.0958 e. The number of imidazole rings is 1.